The summed E-state index contributed by atoms with van der Waals surface area (Å²) < 4.78 is 0. The Balaban J connectivity index is 2.67. The van der Waals surface area contributed by atoms with Crippen molar-refractivity contribution in [1.29, 1.82) is 0 Å². The zero-order chi connectivity index (χ0) is 7.23. The Bertz CT molecular complexity index is 204. The number of benzene rings is 1. The van der Waals surface area contributed by atoms with Gasteiger partial charge in [-0.05, 0) is 5.56 Å². The van der Waals surface area contributed by atoms with Gasteiger partial charge in [0.2, 0.25) is 0 Å². The number of nitrogens with zero attached hydrogens (tertiary/aromatic N) is 1. The molecule has 1 aromatic rings. The van der Waals surface area contributed by atoms with Crippen LogP contribution in [0.25, 0.3) is 0 Å². The third kappa shape index (κ3) is 1.99. The first-order valence-corrected chi connectivity index (χ1v) is 2.97. The highest BCUT2D eigenvalue weighted by Gasteiger charge is 1.80. The largest absolute Gasteiger partial charge is 0.301 e. The van der Waals surface area contributed by atoms with Crippen LogP contribution in [-0.2, 0) is 0 Å². The third-order valence-electron chi connectivity index (χ3n) is 1.09. The average Bonchev–Trinajstić information content (AvgIpc) is 2.03. The van der Waals surface area contributed by atoms with Gasteiger partial charge >= 0.3 is 0 Å². The Morgan fingerprint density at radius 3 is 2.60 bits per heavy atom. The van der Waals surface area contributed by atoms with Gasteiger partial charge in [-0.3, -0.25) is 4.99 Å². The van der Waals surface area contributed by atoms with E-state index in [9.17, 15) is 0 Å². The van der Waals surface area contributed by atoms with E-state index in [4.69, 9.17) is 5.73 Å². The smallest absolute Gasteiger partial charge is 0.192 e. The van der Waals surface area contributed by atoms with Crippen molar-refractivity contribution in [3.63, 3.8) is 0 Å². The molecule has 0 bridgehead atoms. The number of hydrogen-bond donors (Lipinski definition) is 1. The van der Waals surface area contributed by atoms with Crippen molar-refractivity contribution in [1.82, 2.24) is 0 Å². The molecule has 50 valence electrons. The molecule has 0 aromatic heterocycles. The van der Waals surface area contributed by atoms with Crippen LogP contribution in [0, 0.1) is 6.67 Å². The van der Waals surface area contributed by atoms with Gasteiger partial charge in [-0.15, -0.1) is 0 Å². The molecule has 0 spiro atoms. The number of nitrogens with two attached hydrogens (primary N) is 1. The summed E-state index contributed by atoms with van der Waals surface area (Å²) in [6.07, 6.45) is 1.65. The maximum absolute atomic E-state index is 4.93. The minimum Gasteiger partial charge on any atom is -0.301 e. The Morgan fingerprint density at radius 2 is 2.00 bits per heavy atom. The van der Waals surface area contributed by atoms with E-state index in [2.05, 4.69) is 11.7 Å². The molecule has 2 nitrogen and oxygen atoms in total. The van der Waals surface area contributed by atoms with Crippen LogP contribution in [0.15, 0.2) is 35.3 Å². The van der Waals surface area contributed by atoms with E-state index in [-0.39, 0.29) is 0 Å². The lowest BCUT2D eigenvalue weighted by molar-refractivity contribution is 1.26. The molecule has 0 aliphatic heterocycles. The number of hydrogen-bond acceptors (Lipinski definition) is 2. The fraction of sp³-hybridized carbons (Fsp3) is 0. The van der Waals surface area contributed by atoms with Gasteiger partial charge in [0, 0.05) is 6.21 Å². The summed E-state index contributed by atoms with van der Waals surface area (Å²) in [5.74, 6) is 0. The molecule has 0 saturated carbocycles. The molecule has 1 rings (SSSR count). The van der Waals surface area contributed by atoms with Crippen molar-refractivity contribution in [3.8, 4) is 0 Å². The molecule has 10 heavy (non-hydrogen) atoms. The molecule has 2 radical (unpaired) electrons. The molecular formula is C8H8N2. The van der Waals surface area contributed by atoms with Crippen LogP contribution in [0.4, 0.5) is 0 Å². The second-order valence-corrected chi connectivity index (χ2v) is 1.80. The third-order valence-corrected chi connectivity index (χ3v) is 1.09. The molecular weight excluding hydrogens is 124 g/mol. The second-order valence-electron chi connectivity index (χ2n) is 1.80. The van der Waals surface area contributed by atoms with Crippen LogP contribution in [0.2, 0.25) is 0 Å². The van der Waals surface area contributed by atoms with E-state index >= 15 is 0 Å². The molecule has 1 aromatic carbocycles. The summed E-state index contributed by atoms with van der Waals surface area (Å²) >= 11 is 0. The van der Waals surface area contributed by atoms with E-state index in [1.54, 1.807) is 6.21 Å². The second kappa shape index (κ2) is 3.80. The fourth-order valence-electron chi connectivity index (χ4n) is 0.651. The van der Waals surface area contributed by atoms with Gasteiger partial charge < -0.3 is 5.73 Å². The Kier molecular flexibility index (Phi) is 2.64. The van der Waals surface area contributed by atoms with Crippen LogP contribution in [0.5, 0.6) is 0 Å². The first-order chi connectivity index (χ1) is 4.93. The summed E-state index contributed by atoms with van der Waals surface area (Å²) in [5, 5.41) is 0. The summed E-state index contributed by atoms with van der Waals surface area (Å²) in [5.41, 5.74) is 5.96. The monoisotopic (exact) mass is 132 g/mol. The molecule has 0 aliphatic carbocycles. The molecule has 0 saturated heterocycles. The van der Waals surface area contributed by atoms with Gasteiger partial charge in [0.05, 0.1) is 0 Å². The fourth-order valence-corrected chi connectivity index (χ4v) is 0.651. The lowest BCUT2D eigenvalue weighted by atomic mass is 10.2. The molecule has 0 heterocycles. The van der Waals surface area contributed by atoms with E-state index in [1.165, 1.54) is 0 Å². The summed E-state index contributed by atoms with van der Waals surface area (Å²) in [4.78, 5) is 3.64. The average molecular weight is 132 g/mol. The van der Waals surface area contributed by atoms with Gasteiger partial charge in [0.1, 0.15) is 0 Å². The SMILES string of the molecule is N[C]/N=C/c1ccccc1. The topological polar surface area (TPSA) is 38.4 Å². The normalized spacial score (nSPS) is 10.5. The highest BCUT2D eigenvalue weighted by atomic mass is 14.8. The van der Waals surface area contributed by atoms with E-state index in [0.717, 1.165) is 5.56 Å². The minimum absolute atomic E-state index is 1.03. The van der Waals surface area contributed by atoms with Crippen molar-refractivity contribution in [2.75, 3.05) is 0 Å². The van der Waals surface area contributed by atoms with Gasteiger partial charge in [-0.25, -0.2) is 0 Å². The molecule has 2 heteroatoms. The molecule has 0 amide bonds. The minimum atomic E-state index is 1.03. The van der Waals surface area contributed by atoms with Gasteiger partial charge in [0.25, 0.3) is 0 Å². The maximum Gasteiger partial charge on any atom is 0.192 e. The van der Waals surface area contributed by atoms with E-state index < -0.39 is 0 Å². The van der Waals surface area contributed by atoms with E-state index in [1.807, 2.05) is 30.3 Å². The van der Waals surface area contributed by atoms with Crippen molar-refractivity contribution in [3.05, 3.63) is 42.6 Å². The van der Waals surface area contributed by atoms with Crippen molar-refractivity contribution in [2.24, 2.45) is 10.7 Å². The predicted molar refractivity (Wildman–Crippen MR) is 41.5 cm³/mol. The first-order valence-electron chi connectivity index (χ1n) is 2.97. The Hall–Kier alpha value is -1.15. The van der Waals surface area contributed by atoms with Gasteiger partial charge in [-0.1, -0.05) is 30.3 Å². The molecule has 0 unspecified atom stereocenters. The van der Waals surface area contributed by atoms with Crippen LogP contribution in [0.1, 0.15) is 5.56 Å². The summed E-state index contributed by atoms with van der Waals surface area (Å²) in [7, 11) is 0. The van der Waals surface area contributed by atoms with Crippen LogP contribution >= 0.6 is 0 Å². The molecule has 0 atom stereocenters. The van der Waals surface area contributed by atoms with Gasteiger partial charge in [-0.2, -0.15) is 0 Å². The molecule has 0 fully saturated rings. The zero-order valence-corrected chi connectivity index (χ0v) is 5.49. The van der Waals surface area contributed by atoms with Crippen molar-refractivity contribution in [2.45, 2.75) is 0 Å². The van der Waals surface area contributed by atoms with E-state index in [0.29, 0.717) is 0 Å². The quantitative estimate of drug-likeness (QED) is 0.474. The Labute approximate surface area is 60.4 Å². The highest BCUT2D eigenvalue weighted by Crippen LogP contribution is 1.93. The Morgan fingerprint density at radius 1 is 1.30 bits per heavy atom. The van der Waals surface area contributed by atoms with Crippen LogP contribution in [0.3, 0.4) is 0 Å². The number of aliphatic imine (C=N–C) groups is 1. The highest BCUT2D eigenvalue weighted by molar-refractivity contribution is 5.79. The van der Waals surface area contributed by atoms with Crippen LogP contribution < -0.4 is 5.73 Å². The lowest BCUT2D eigenvalue weighted by Crippen LogP contribution is -1.86. The van der Waals surface area contributed by atoms with Crippen LogP contribution in [-0.4, -0.2) is 6.21 Å². The molecule has 2 N–H and O–H groups in total. The first kappa shape index (κ1) is 6.96. The van der Waals surface area contributed by atoms with Crippen molar-refractivity contribution < 1.29 is 0 Å². The summed E-state index contributed by atoms with van der Waals surface area (Å²) in [6, 6.07) is 9.73. The number of rotatable bonds is 2. The lowest BCUT2D eigenvalue weighted by Gasteiger charge is -1.87. The summed E-state index contributed by atoms with van der Waals surface area (Å²) in [6.45, 7) is 2.19. The van der Waals surface area contributed by atoms with Gasteiger partial charge in [0.15, 0.2) is 6.67 Å². The predicted octanol–water partition coefficient (Wildman–Crippen LogP) is 1.06. The standard InChI is InChI=1S/C8H8N2/c9-7-10-6-8-4-2-1-3-5-8/h1-6H,9H2/b10-6+. The molecule has 0 aliphatic rings. The maximum atomic E-state index is 4.93. The van der Waals surface area contributed by atoms with Crippen molar-refractivity contribution >= 4 is 6.21 Å². The zero-order valence-electron chi connectivity index (χ0n) is 5.49.